The lowest BCUT2D eigenvalue weighted by Gasteiger charge is -2.27. The highest BCUT2D eigenvalue weighted by Gasteiger charge is 2.22. The first kappa shape index (κ1) is 14.5. The third-order valence-electron chi connectivity index (χ3n) is 2.91. The smallest absolute Gasteiger partial charge is 0.319 e. The highest BCUT2D eigenvalue weighted by Crippen LogP contribution is 2.22. The zero-order chi connectivity index (χ0) is 14.6. The van der Waals surface area contributed by atoms with Crippen LogP contribution in [0.4, 0.5) is 10.5 Å². The van der Waals surface area contributed by atoms with Gasteiger partial charge in [0.2, 0.25) is 0 Å². The van der Waals surface area contributed by atoms with Crippen molar-refractivity contribution in [2.75, 3.05) is 5.32 Å². The van der Waals surface area contributed by atoms with Gasteiger partial charge in [-0.2, -0.15) is 0 Å². The molecule has 5 heteroatoms. The fraction of sp³-hybridized carbons (Fsp3) is 0.200. The number of rotatable bonds is 3. The second kappa shape index (κ2) is 6.05. The lowest BCUT2D eigenvalue weighted by molar-refractivity contribution is 0.242. The number of nitrogens with one attached hydrogen (secondary N) is 2. The zero-order valence-corrected chi connectivity index (χ0v) is 12.9. The number of halogens is 1. The molecule has 0 saturated carbocycles. The molecule has 2 aromatic rings. The number of pyridine rings is 1. The Kier molecular flexibility index (Phi) is 4.39. The second-order valence-corrected chi connectivity index (χ2v) is 5.87. The number of anilines is 1. The van der Waals surface area contributed by atoms with Crippen LogP contribution in [-0.4, -0.2) is 11.0 Å². The van der Waals surface area contributed by atoms with Crippen molar-refractivity contribution >= 4 is 27.6 Å². The van der Waals surface area contributed by atoms with E-state index in [-0.39, 0.29) is 6.03 Å². The van der Waals surface area contributed by atoms with Crippen molar-refractivity contribution in [3.63, 3.8) is 0 Å². The Bertz CT molecular complexity index is 582. The molecule has 104 valence electrons. The van der Waals surface area contributed by atoms with Crippen molar-refractivity contribution in [2.45, 2.75) is 19.4 Å². The Hall–Kier alpha value is -1.88. The molecule has 0 aliphatic heterocycles. The summed E-state index contributed by atoms with van der Waals surface area (Å²) in [5.41, 5.74) is 1.23. The van der Waals surface area contributed by atoms with Gasteiger partial charge in [0.15, 0.2) is 0 Å². The molecule has 4 nitrogen and oxygen atoms in total. The molecule has 0 saturated heterocycles. The number of carbonyl (C=O) groups is 1. The normalized spacial score (nSPS) is 10.9. The zero-order valence-electron chi connectivity index (χ0n) is 11.4. The molecule has 1 heterocycles. The monoisotopic (exact) mass is 333 g/mol. The molecule has 0 aliphatic rings. The van der Waals surface area contributed by atoms with E-state index in [1.807, 2.05) is 38.1 Å². The standard InChI is InChI=1S/C15H16BrN3O/c1-15(2,11-5-7-12(16)8-6-11)19-14(20)18-13-4-3-9-17-10-13/h3-10H,1-2H3,(H2,18,19,20). The van der Waals surface area contributed by atoms with Crippen LogP contribution in [0.25, 0.3) is 0 Å². The van der Waals surface area contributed by atoms with Gasteiger partial charge in [0.25, 0.3) is 0 Å². The number of urea groups is 1. The molecular formula is C15H16BrN3O. The van der Waals surface area contributed by atoms with Crippen molar-refractivity contribution < 1.29 is 4.79 Å². The fourth-order valence-electron chi connectivity index (χ4n) is 1.82. The Balaban J connectivity index is 2.04. The van der Waals surface area contributed by atoms with Crippen LogP contribution in [0, 0.1) is 0 Å². The van der Waals surface area contributed by atoms with Crippen LogP contribution >= 0.6 is 15.9 Å². The van der Waals surface area contributed by atoms with Crippen molar-refractivity contribution in [2.24, 2.45) is 0 Å². The molecule has 1 aromatic heterocycles. The van der Waals surface area contributed by atoms with E-state index in [1.165, 1.54) is 0 Å². The van der Waals surface area contributed by atoms with E-state index < -0.39 is 5.54 Å². The topological polar surface area (TPSA) is 54.0 Å². The molecule has 0 unspecified atom stereocenters. The first-order chi connectivity index (χ1) is 9.47. The minimum atomic E-state index is -0.465. The third-order valence-corrected chi connectivity index (χ3v) is 3.44. The molecule has 0 atom stereocenters. The van der Waals surface area contributed by atoms with Gasteiger partial charge in [-0.3, -0.25) is 4.98 Å². The van der Waals surface area contributed by atoms with Gasteiger partial charge in [0.05, 0.1) is 17.4 Å². The van der Waals surface area contributed by atoms with Crippen LogP contribution in [0.15, 0.2) is 53.3 Å². The first-order valence-electron chi connectivity index (χ1n) is 6.22. The summed E-state index contributed by atoms with van der Waals surface area (Å²) < 4.78 is 1.01. The lowest BCUT2D eigenvalue weighted by Crippen LogP contribution is -2.43. The first-order valence-corrected chi connectivity index (χ1v) is 7.02. The summed E-state index contributed by atoms with van der Waals surface area (Å²) in [7, 11) is 0. The van der Waals surface area contributed by atoms with E-state index in [9.17, 15) is 4.79 Å². The lowest BCUT2D eigenvalue weighted by atomic mass is 9.95. The number of hydrogen-bond acceptors (Lipinski definition) is 2. The summed E-state index contributed by atoms with van der Waals surface area (Å²) in [6.45, 7) is 3.91. The Morgan fingerprint density at radius 3 is 2.50 bits per heavy atom. The van der Waals surface area contributed by atoms with Crippen molar-refractivity contribution in [3.05, 3.63) is 58.8 Å². The van der Waals surface area contributed by atoms with Crippen LogP contribution in [0.1, 0.15) is 19.4 Å². The van der Waals surface area contributed by atoms with Gasteiger partial charge in [-0.15, -0.1) is 0 Å². The number of aromatic nitrogens is 1. The van der Waals surface area contributed by atoms with Crippen LogP contribution < -0.4 is 10.6 Å². The predicted molar refractivity (Wildman–Crippen MR) is 83.6 cm³/mol. The van der Waals surface area contributed by atoms with E-state index in [1.54, 1.807) is 24.5 Å². The fourth-order valence-corrected chi connectivity index (χ4v) is 2.09. The van der Waals surface area contributed by atoms with E-state index in [4.69, 9.17) is 0 Å². The number of hydrogen-bond donors (Lipinski definition) is 2. The van der Waals surface area contributed by atoms with Gasteiger partial charge in [-0.25, -0.2) is 4.79 Å². The molecule has 0 aliphatic carbocycles. The molecule has 0 bridgehead atoms. The molecule has 0 spiro atoms. The quantitative estimate of drug-likeness (QED) is 0.894. The second-order valence-electron chi connectivity index (χ2n) is 4.95. The molecule has 0 fully saturated rings. The number of amides is 2. The van der Waals surface area contributed by atoms with Crippen molar-refractivity contribution in [1.82, 2.24) is 10.3 Å². The Morgan fingerprint density at radius 1 is 1.20 bits per heavy atom. The Labute approximate surface area is 126 Å². The molecular weight excluding hydrogens is 318 g/mol. The average molecular weight is 334 g/mol. The maximum atomic E-state index is 12.0. The van der Waals surface area contributed by atoms with E-state index in [0.717, 1.165) is 10.0 Å². The van der Waals surface area contributed by atoms with E-state index >= 15 is 0 Å². The summed E-state index contributed by atoms with van der Waals surface area (Å²) in [5.74, 6) is 0. The minimum absolute atomic E-state index is 0.258. The van der Waals surface area contributed by atoms with Gasteiger partial charge in [-0.05, 0) is 43.7 Å². The van der Waals surface area contributed by atoms with Gasteiger partial charge in [0.1, 0.15) is 0 Å². The summed E-state index contributed by atoms with van der Waals surface area (Å²) in [6, 6.07) is 11.2. The summed E-state index contributed by atoms with van der Waals surface area (Å²) in [4.78, 5) is 16.0. The molecule has 2 N–H and O–H groups in total. The minimum Gasteiger partial charge on any atom is -0.329 e. The van der Waals surface area contributed by atoms with Crippen LogP contribution in [0.5, 0.6) is 0 Å². The average Bonchev–Trinajstić information content (AvgIpc) is 2.39. The predicted octanol–water partition coefficient (Wildman–Crippen LogP) is 3.90. The highest BCUT2D eigenvalue weighted by atomic mass is 79.9. The summed E-state index contributed by atoms with van der Waals surface area (Å²) in [6.07, 6.45) is 3.26. The molecule has 0 radical (unpaired) electrons. The summed E-state index contributed by atoms with van der Waals surface area (Å²) >= 11 is 3.40. The van der Waals surface area contributed by atoms with Gasteiger partial charge < -0.3 is 10.6 Å². The van der Waals surface area contributed by atoms with Crippen LogP contribution in [0.2, 0.25) is 0 Å². The maximum Gasteiger partial charge on any atom is 0.319 e. The number of carbonyl (C=O) groups excluding carboxylic acids is 1. The molecule has 20 heavy (non-hydrogen) atoms. The van der Waals surface area contributed by atoms with Gasteiger partial charge in [-0.1, -0.05) is 28.1 Å². The maximum absolute atomic E-state index is 12.0. The SMILES string of the molecule is CC(C)(NC(=O)Nc1cccnc1)c1ccc(Br)cc1. The summed E-state index contributed by atoms with van der Waals surface area (Å²) in [5, 5.41) is 5.70. The van der Waals surface area contributed by atoms with Crippen LogP contribution in [0.3, 0.4) is 0 Å². The largest absolute Gasteiger partial charge is 0.329 e. The number of nitrogens with zero attached hydrogens (tertiary/aromatic N) is 1. The van der Waals surface area contributed by atoms with E-state index in [2.05, 4.69) is 31.5 Å². The van der Waals surface area contributed by atoms with Gasteiger partial charge >= 0.3 is 6.03 Å². The molecule has 1 aromatic carbocycles. The third kappa shape index (κ3) is 3.81. The molecule has 2 amide bonds. The van der Waals surface area contributed by atoms with Crippen LogP contribution in [-0.2, 0) is 5.54 Å². The van der Waals surface area contributed by atoms with Crippen molar-refractivity contribution in [1.29, 1.82) is 0 Å². The highest BCUT2D eigenvalue weighted by molar-refractivity contribution is 9.10. The Morgan fingerprint density at radius 2 is 1.90 bits per heavy atom. The van der Waals surface area contributed by atoms with E-state index in [0.29, 0.717) is 5.69 Å². The number of benzene rings is 1. The van der Waals surface area contributed by atoms with Gasteiger partial charge in [0, 0.05) is 10.7 Å². The molecule has 2 rings (SSSR count). The van der Waals surface area contributed by atoms with Crippen molar-refractivity contribution in [3.8, 4) is 0 Å².